The standard InChI is InChI=1S/C10H17N3/c1-3-5-9(13-11)10-8(2)6-4-7-12-10/h4,6-7,9,13H,3,5,11H2,1-2H3. The van der Waals surface area contributed by atoms with Gasteiger partial charge in [0.05, 0.1) is 11.7 Å². The van der Waals surface area contributed by atoms with E-state index in [2.05, 4.69) is 30.3 Å². The molecule has 3 nitrogen and oxygen atoms in total. The zero-order valence-corrected chi connectivity index (χ0v) is 8.25. The molecule has 1 heterocycles. The molecular weight excluding hydrogens is 162 g/mol. The molecule has 3 N–H and O–H groups in total. The summed E-state index contributed by atoms with van der Waals surface area (Å²) >= 11 is 0. The highest BCUT2D eigenvalue weighted by Crippen LogP contribution is 2.17. The number of hydrogen-bond acceptors (Lipinski definition) is 3. The monoisotopic (exact) mass is 179 g/mol. The third-order valence-corrected chi connectivity index (χ3v) is 2.16. The topological polar surface area (TPSA) is 50.9 Å². The molecule has 0 aliphatic rings. The van der Waals surface area contributed by atoms with Gasteiger partial charge in [0, 0.05) is 6.20 Å². The SMILES string of the molecule is CCCC(NN)c1ncccc1C. The highest BCUT2D eigenvalue weighted by molar-refractivity contribution is 5.20. The van der Waals surface area contributed by atoms with Crippen molar-refractivity contribution in [1.29, 1.82) is 0 Å². The van der Waals surface area contributed by atoms with E-state index in [1.165, 1.54) is 5.56 Å². The van der Waals surface area contributed by atoms with Gasteiger partial charge in [-0.05, 0) is 25.0 Å². The van der Waals surface area contributed by atoms with Crippen LogP contribution in [0.15, 0.2) is 18.3 Å². The van der Waals surface area contributed by atoms with Crippen molar-refractivity contribution in [2.75, 3.05) is 0 Å². The molecule has 0 saturated carbocycles. The second-order valence-electron chi connectivity index (χ2n) is 3.21. The molecule has 72 valence electrons. The van der Waals surface area contributed by atoms with Crippen molar-refractivity contribution in [2.45, 2.75) is 32.7 Å². The first kappa shape index (κ1) is 10.2. The Morgan fingerprint density at radius 2 is 2.38 bits per heavy atom. The van der Waals surface area contributed by atoms with E-state index in [0.29, 0.717) is 0 Å². The lowest BCUT2D eigenvalue weighted by atomic mass is 10.0. The Morgan fingerprint density at radius 1 is 1.62 bits per heavy atom. The largest absolute Gasteiger partial charge is 0.271 e. The van der Waals surface area contributed by atoms with Gasteiger partial charge >= 0.3 is 0 Å². The summed E-state index contributed by atoms with van der Waals surface area (Å²) in [7, 11) is 0. The van der Waals surface area contributed by atoms with Crippen molar-refractivity contribution >= 4 is 0 Å². The summed E-state index contributed by atoms with van der Waals surface area (Å²) in [6.45, 7) is 4.20. The molecule has 0 bridgehead atoms. The number of aryl methyl sites for hydroxylation is 1. The lowest BCUT2D eigenvalue weighted by molar-refractivity contribution is 0.496. The molecule has 1 atom stereocenters. The number of pyridine rings is 1. The first-order valence-corrected chi connectivity index (χ1v) is 4.67. The summed E-state index contributed by atoms with van der Waals surface area (Å²) in [6.07, 6.45) is 3.93. The molecule has 3 heteroatoms. The van der Waals surface area contributed by atoms with Gasteiger partial charge in [0.2, 0.25) is 0 Å². The predicted octanol–water partition coefficient (Wildman–Crippen LogP) is 1.69. The number of nitrogens with two attached hydrogens (primary N) is 1. The van der Waals surface area contributed by atoms with Gasteiger partial charge in [-0.15, -0.1) is 0 Å². The van der Waals surface area contributed by atoms with Gasteiger partial charge in [0.1, 0.15) is 0 Å². The van der Waals surface area contributed by atoms with Crippen LogP contribution in [-0.4, -0.2) is 4.98 Å². The van der Waals surface area contributed by atoms with Gasteiger partial charge in [-0.25, -0.2) is 0 Å². The van der Waals surface area contributed by atoms with E-state index in [4.69, 9.17) is 5.84 Å². The minimum atomic E-state index is 0.186. The van der Waals surface area contributed by atoms with Crippen LogP contribution >= 0.6 is 0 Å². The minimum Gasteiger partial charge on any atom is -0.271 e. The molecule has 0 saturated heterocycles. The molecule has 1 unspecified atom stereocenters. The first-order valence-electron chi connectivity index (χ1n) is 4.67. The zero-order chi connectivity index (χ0) is 9.68. The molecular formula is C10H17N3. The fourth-order valence-corrected chi connectivity index (χ4v) is 1.45. The maximum atomic E-state index is 5.47. The molecule has 0 aromatic carbocycles. The van der Waals surface area contributed by atoms with Gasteiger partial charge in [0.15, 0.2) is 0 Å². The second-order valence-corrected chi connectivity index (χ2v) is 3.21. The van der Waals surface area contributed by atoms with Crippen LogP contribution < -0.4 is 11.3 Å². The van der Waals surface area contributed by atoms with E-state index in [-0.39, 0.29) is 6.04 Å². The van der Waals surface area contributed by atoms with Crippen LogP contribution in [-0.2, 0) is 0 Å². The normalized spacial score (nSPS) is 12.8. The van der Waals surface area contributed by atoms with E-state index in [0.717, 1.165) is 18.5 Å². The Balaban J connectivity index is 2.84. The first-order chi connectivity index (χ1) is 6.29. The Morgan fingerprint density at radius 3 is 2.92 bits per heavy atom. The number of hydrogen-bond donors (Lipinski definition) is 2. The summed E-state index contributed by atoms with van der Waals surface area (Å²) in [6, 6.07) is 4.19. The van der Waals surface area contributed by atoms with E-state index < -0.39 is 0 Å². The van der Waals surface area contributed by atoms with Crippen LogP contribution in [0.4, 0.5) is 0 Å². The summed E-state index contributed by atoms with van der Waals surface area (Å²) in [5.41, 5.74) is 5.05. The summed E-state index contributed by atoms with van der Waals surface area (Å²) in [5.74, 6) is 5.47. The van der Waals surface area contributed by atoms with Gasteiger partial charge in [-0.2, -0.15) is 0 Å². The minimum absolute atomic E-state index is 0.186. The predicted molar refractivity (Wildman–Crippen MR) is 53.9 cm³/mol. The Labute approximate surface area is 79.3 Å². The van der Waals surface area contributed by atoms with Crippen molar-refractivity contribution in [3.63, 3.8) is 0 Å². The van der Waals surface area contributed by atoms with Crippen LogP contribution in [0.2, 0.25) is 0 Å². The third-order valence-electron chi connectivity index (χ3n) is 2.16. The van der Waals surface area contributed by atoms with Crippen LogP contribution in [0.3, 0.4) is 0 Å². The maximum absolute atomic E-state index is 5.47. The number of aromatic nitrogens is 1. The molecule has 0 aliphatic carbocycles. The zero-order valence-electron chi connectivity index (χ0n) is 8.25. The summed E-state index contributed by atoms with van der Waals surface area (Å²) < 4.78 is 0. The Hall–Kier alpha value is -0.930. The van der Waals surface area contributed by atoms with Crippen molar-refractivity contribution in [3.8, 4) is 0 Å². The van der Waals surface area contributed by atoms with Gasteiger partial charge in [-0.3, -0.25) is 16.3 Å². The molecule has 1 rings (SSSR count). The smallest absolute Gasteiger partial charge is 0.0634 e. The molecule has 0 aliphatic heterocycles. The van der Waals surface area contributed by atoms with E-state index in [9.17, 15) is 0 Å². The van der Waals surface area contributed by atoms with Crippen molar-refractivity contribution in [3.05, 3.63) is 29.6 Å². The van der Waals surface area contributed by atoms with E-state index in [1.54, 1.807) is 0 Å². The molecule has 1 aromatic heterocycles. The second kappa shape index (κ2) is 4.94. The van der Waals surface area contributed by atoms with Crippen molar-refractivity contribution in [2.24, 2.45) is 5.84 Å². The van der Waals surface area contributed by atoms with E-state index >= 15 is 0 Å². The molecule has 0 spiro atoms. The van der Waals surface area contributed by atoms with Crippen LogP contribution in [0.25, 0.3) is 0 Å². The highest BCUT2D eigenvalue weighted by atomic mass is 15.2. The molecule has 0 fully saturated rings. The fourth-order valence-electron chi connectivity index (χ4n) is 1.45. The van der Waals surface area contributed by atoms with Crippen molar-refractivity contribution in [1.82, 2.24) is 10.4 Å². The Kier molecular flexibility index (Phi) is 3.86. The lowest BCUT2D eigenvalue weighted by Crippen LogP contribution is -2.29. The average molecular weight is 179 g/mol. The summed E-state index contributed by atoms with van der Waals surface area (Å²) in [5, 5.41) is 0. The fraction of sp³-hybridized carbons (Fsp3) is 0.500. The van der Waals surface area contributed by atoms with Gasteiger partial charge in [0.25, 0.3) is 0 Å². The summed E-state index contributed by atoms with van der Waals surface area (Å²) in [4.78, 5) is 4.33. The third kappa shape index (κ3) is 2.50. The Bertz CT molecular complexity index is 260. The van der Waals surface area contributed by atoms with Crippen LogP contribution in [0, 0.1) is 6.92 Å². The number of rotatable bonds is 4. The highest BCUT2D eigenvalue weighted by Gasteiger charge is 2.11. The van der Waals surface area contributed by atoms with E-state index in [1.807, 2.05) is 12.3 Å². The molecule has 0 radical (unpaired) electrons. The lowest BCUT2D eigenvalue weighted by Gasteiger charge is -2.15. The average Bonchev–Trinajstić information content (AvgIpc) is 2.16. The van der Waals surface area contributed by atoms with Crippen LogP contribution in [0.1, 0.15) is 37.1 Å². The molecule has 13 heavy (non-hydrogen) atoms. The number of hydrazine groups is 1. The quantitative estimate of drug-likeness (QED) is 0.546. The van der Waals surface area contributed by atoms with Crippen molar-refractivity contribution < 1.29 is 0 Å². The number of nitrogens with zero attached hydrogens (tertiary/aromatic N) is 1. The van der Waals surface area contributed by atoms with Crippen LogP contribution in [0.5, 0.6) is 0 Å². The molecule has 0 amide bonds. The molecule has 1 aromatic rings. The number of nitrogens with one attached hydrogen (secondary N) is 1. The van der Waals surface area contributed by atoms with Gasteiger partial charge in [-0.1, -0.05) is 19.4 Å². The maximum Gasteiger partial charge on any atom is 0.0634 e. The van der Waals surface area contributed by atoms with Gasteiger partial charge < -0.3 is 0 Å².